The minimum atomic E-state index is 0.165. The molecule has 5 nitrogen and oxygen atoms in total. The summed E-state index contributed by atoms with van der Waals surface area (Å²) < 4.78 is 0. The number of rotatable bonds is 7. The van der Waals surface area contributed by atoms with Crippen molar-refractivity contribution in [1.29, 1.82) is 0 Å². The third-order valence-corrected chi connectivity index (χ3v) is 6.33. The first-order valence-corrected chi connectivity index (χ1v) is 10.9. The number of benzene rings is 1. The van der Waals surface area contributed by atoms with Crippen LogP contribution in [0.1, 0.15) is 43.4 Å². The van der Waals surface area contributed by atoms with Gasteiger partial charge < -0.3 is 10.6 Å². The molecule has 0 saturated heterocycles. The molecule has 1 amide bonds. The number of carbonyl (C=O) groups excluding carboxylic acids is 1. The Morgan fingerprint density at radius 2 is 1.96 bits per heavy atom. The van der Waals surface area contributed by atoms with E-state index in [-0.39, 0.29) is 5.91 Å². The van der Waals surface area contributed by atoms with Gasteiger partial charge in [0.2, 0.25) is 5.91 Å². The van der Waals surface area contributed by atoms with Gasteiger partial charge in [0.25, 0.3) is 0 Å². The molecule has 28 heavy (non-hydrogen) atoms. The lowest BCUT2D eigenvalue weighted by molar-refractivity contribution is -0.121. The third kappa shape index (κ3) is 4.17. The first-order valence-electron chi connectivity index (χ1n) is 10.0. The highest BCUT2D eigenvalue weighted by Crippen LogP contribution is 2.40. The molecule has 1 aliphatic carbocycles. The number of aryl methyl sites for hydroxylation is 1. The van der Waals surface area contributed by atoms with Gasteiger partial charge in [-0.25, -0.2) is 9.97 Å². The van der Waals surface area contributed by atoms with Gasteiger partial charge in [-0.3, -0.25) is 4.79 Å². The molecule has 0 unspecified atom stereocenters. The summed E-state index contributed by atoms with van der Waals surface area (Å²) in [7, 11) is 0. The minimum Gasteiger partial charge on any atom is -0.369 e. The molecule has 0 aliphatic heterocycles. The van der Waals surface area contributed by atoms with Crippen molar-refractivity contribution in [1.82, 2.24) is 15.3 Å². The topological polar surface area (TPSA) is 66.9 Å². The van der Waals surface area contributed by atoms with Gasteiger partial charge in [-0.05, 0) is 31.7 Å². The molecule has 2 aromatic heterocycles. The number of aromatic nitrogens is 2. The normalized spacial score (nSPS) is 14.5. The van der Waals surface area contributed by atoms with Crippen molar-refractivity contribution in [3.05, 3.63) is 41.5 Å². The number of hydrogen-bond donors (Lipinski definition) is 2. The van der Waals surface area contributed by atoms with E-state index in [1.54, 1.807) is 17.7 Å². The number of fused-ring (bicyclic) bond motifs is 1. The Bertz CT molecular complexity index is 948. The smallest absolute Gasteiger partial charge is 0.220 e. The maximum atomic E-state index is 12.1. The van der Waals surface area contributed by atoms with Crippen LogP contribution in [0.5, 0.6) is 0 Å². The molecule has 2 N–H and O–H groups in total. The van der Waals surface area contributed by atoms with Crippen LogP contribution in [0.25, 0.3) is 21.3 Å². The highest BCUT2D eigenvalue weighted by atomic mass is 32.1. The van der Waals surface area contributed by atoms with E-state index < -0.39 is 0 Å². The van der Waals surface area contributed by atoms with E-state index in [1.807, 2.05) is 6.07 Å². The Labute approximate surface area is 169 Å². The quantitative estimate of drug-likeness (QED) is 0.558. The first kappa shape index (κ1) is 18.9. The van der Waals surface area contributed by atoms with Gasteiger partial charge in [-0.2, -0.15) is 0 Å². The summed E-state index contributed by atoms with van der Waals surface area (Å²) in [6, 6.07) is 10.8. The van der Waals surface area contributed by atoms with Gasteiger partial charge in [0, 0.05) is 29.4 Å². The van der Waals surface area contributed by atoms with E-state index in [4.69, 9.17) is 0 Å². The fourth-order valence-electron chi connectivity index (χ4n) is 3.96. The van der Waals surface area contributed by atoms with Crippen molar-refractivity contribution in [3.8, 4) is 11.1 Å². The van der Waals surface area contributed by atoms with Crippen molar-refractivity contribution in [2.75, 3.05) is 11.9 Å². The average Bonchev–Trinajstić information content (AvgIpc) is 3.33. The molecule has 1 aliphatic rings. The van der Waals surface area contributed by atoms with Gasteiger partial charge in [-0.15, -0.1) is 11.3 Å². The van der Waals surface area contributed by atoms with Crippen LogP contribution >= 0.6 is 11.3 Å². The lowest BCUT2D eigenvalue weighted by Gasteiger charge is -2.12. The van der Waals surface area contributed by atoms with Crippen LogP contribution in [-0.4, -0.2) is 28.5 Å². The van der Waals surface area contributed by atoms with E-state index in [9.17, 15) is 4.79 Å². The number of amides is 1. The lowest BCUT2D eigenvalue weighted by Crippen LogP contribution is -2.32. The molecule has 0 atom stereocenters. The van der Waals surface area contributed by atoms with Crippen LogP contribution < -0.4 is 10.6 Å². The fourth-order valence-corrected chi connectivity index (χ4v) is 4.97. The Morgan fingerprint density at radius 1 is 1.18 bits per heavy atom. The molecule has 1 aromatic carbocycles. The Balaban J connectivity index is 1.43. The van der Waals surface area contributed by atoms with Crippen molar-refractivity contribution < 1.29 is 4.79 Å². The molecule has 0 radical (unpaired) electrons. The van der Waals surface area contributed by atoms with E-state index in [0.29, 0.717) is 19.0 Å². The summed E-state index contributed by atoms with van der Waals surface area (Å²) in [5.74, 6) is 1.02. The summed E-state index contributed by atoms with van der Waals surface area (Å²) in [5.41, 5.74) is 2.38. The molecule has 0 spiro atoms. The zero-order valence-corrected chi connectivity index (χ0v) is 17.0. The second-order valence-corrected chi connectivity index (χ2v) is 8.58. The number of hydrogen-bond acceptors (Lipinski definition) is 5. The van der Waals surface area contributed by atoms with Crippen LogP contribution in [0.2, 0.25) is 0 Å². The fraction of sp³-hybridized carbons (Fsp3) is 0.409. The van der Waals surface area contributed by atoms with E-state index >= 15 is 0 Å². The number of thiophene rings is 1. The standard InChI is InChI=1S/C22H26N4OS/c1-15-19(16-8-3-2-4-9-16)20-21(24-14-25-22(20)28-15)23-13-7-12-18(27)26-17-10-5-6-11-17/h2-4,8-9,14,17H,5-7,10-13H2,1H3,(H,26,27)(H,23,24,25). The van der Waals surface area contributed by atoms with Crippen molar-refractivity contribution in [3.63, 3.8) is 0 Å². The van der Waals surface area contributed by atoms with Crippen LogP contribution in [0, 0.1) is 6.92 Å². The van der Waals surface area contributed by atoms with E-state index in [1.165, 1.54) is 28.8 Å². The van der Waals surface area contributed by atoms with Crippen LogP contribution in [0.15, 0.2) is 36.7 Å². The second-order valence-electron chi connectivity index (χ2n) is 7.38. The van der Waals surface area contributed by atoms with Crippen LogP contribution in [0.3, 0.4) is 0 Å². The molecular formula is C22H26N4OS. The maximum Gasteiger partial charge on any atom is 0.220 e. The Hall–Kier alpha value is -2.47. The van der Waals surface area contributed by atoms with E-state index in [0.717, 1.165) is 35.3 Å². The zero-order valence-electron chi connectivity index (χ0n) is 16.2. The molecular weight excluding hydrogens is 368 g/mol. The molecule has 4 rings (SSSR count). The molecule has 3 aromatic rings. The largest absolute Gasteiger partial charge is 0.369 e. The summed E-state index contributed by atoms with van der Waals surface area (Å²) in [6.07, 6.45) is 7.67. The first-order chi connectivity index (χ1) is 13.7. The monoisotopic (exact) mass is 394 g/mol. The van der Waals surface area contributed by atoms with Crippen LogP contribution in [-0.2, 0) is 4.79 Å². The van der Waals surface area contributed by atoms with Crippen molar-refractivity contribution in [2.24, 2.45) is 0 Å². The zero-order chi connectivity index (χ0) is 19.3. The SMILES string of the molecule is Cc1sc2ncnc(NCCCC(=O)NC3CCCC3)c2c1-c1ccccc1. The summed E-state index contributed by atoms with van der Waals surface area (Å²) in [4.78, 5) is 23.3. The van der Waals surface area contributed by atoms with Gasteiger partial charge in [0.05, 0.1) is 5.39 Å². The van der Waals surface area contributed by atoms with Gasteiger partial charge in [0.1, 0.15) is 17.0 Å². The van der Waals surface area contributed by atoms with Gasteiger partial charge >= 0.3 is 0 Å². The number of nitrogens with one attached hydrogen (secondary N) is 2. The molecule has 6 heteroatoms. The third-order valence-electron chi connectivity index (χ3n) is 5.32. The van der Waals surface area contributed by atoms with Gasteiger partial charge in [0.15, 0.2) is 0 Å². The number of anilines is 1. The van der Waals surface area contributed by atoms with Gasteiger partial charge in [-0.1, -0.05) is 43.2 Å². The lowest BCUT2D eigenvalue weighted by atomic mass is 10.0. The molecule has 2 heterocycles. The number of nitrogens with zero attached hydrogens (tertiary/aromatic N) is 2. The minimum absolute atomic E-state index is 0.165. The Kier molecular flexibility index (Phi) is 5.86. The van der Waals surface area contributed by atoms with E-state index in [2.05, 4.69) is 51.8 Å². The van der Waals surface area contributed by atoms with Crippen molar-refractivity contribution >= 4 is 33.3 Å². The summed E-state index contributed by atoms with van der Waals surface area (Å²) >= 11 is 1.69. The predicted molar refractivity (Wildman–Crippen MR) is 116 cm³/mol. The number of carbonyl (C=O) groups is 1. The van der Waals surface area contributed by atoms with Crippen molar-refractivity contribution in [2.45, 2.75) is 51.5 Å². The summed E-state index contributed by atoms with van der Waals surface area (Å²) in [5, 5.41) is 7.66. The highest BCUT2D eigenvalue weighted by Gasteiger charge is 2.18. The maximum absolute atomic E-state index is 12.1. The Morgan fingerprint density at radius 3 is 2.75 bits per heavy atom. The molecule has 1 fully saturated rings. The average molecular weight is 395 g/mol. The highest BCUT2D eigenvalue weighted by molar-refractivity contribution is 7.19. The second kappa shape index (κ2) is 8.69. The predicted octanol–water partition coefficient (Wildman–Crippen LogP) is 4.92. The molecule has 0 bridgehead atoms. The summed E-state index contributed by atoms with van der Waals surface area (Å²) in [6.45, 7) is 2.85. The van der Waals surface area contributed by atoms with Crippen LogP contribution in [0.4, 0.5) is 5.82 Å². The molecule has 146 valence electrons. The molecule has 1 saturated carbocycles.